The summed E-state index contributed by atoms with van der Waals surface area (Å²) in [4.78, 5) is 3.64. The average molecular weight is 771 g/mol. The minimum absolute atomic E-state index is 1.10. The zero-order chi connectivity index (χ0) is 39.1. The molecule has 9 aromatic carbocycles. The summed E-state index contributed by atoms with van der Waals surface area (Å²) in [5.74, 6) is 0. The van der Waals surface area contributed by atoms with Crippen LogP contribution in [-0.4, -0.2) is 4.40 Å². The standard InChI is InChI=1S/C56H38N2S/c1-4-13-39(14-5-1)41-27-32-48(33-28-41)57(49-34-29-42(30-35-49)40-15-6-2-7-16-40)50-20-12-19-46(37-50)43-23-25-44(26-24-43)47-31-36-54-53(38-47)58-52-22-11-10-21-51(52)55(56(58)59-54)45-17-8-3-9-18-45/h1-38H. The van der Waals surface area contributed by atoms with E-state index >= 15 is 0 Å². The van der Waals surface area contributed by atoms with E-state index in [0.29, 0.717) is 0 Å². The van der Waals surface area contributed by atoms with Crippen LogP contribution in [0, 0.1) is 0 Å². The van der Waals surface area contributed by atoms with Gasteiger partial charge in [0.25, 0.3) is 0 Å². The lowest BCUT2D eigenvalue weighted by atomic mass is 9.99. The van der Waals surface area contributed by atoms with Crippen molar-refractivity contribution in [2.45, 2.75) is 0 Å². The van der Waals surface area contributed by atoms with E-state index < -0.39 is 0 Å². The van der Waals surface area contributed by atoms with Crippen LogP contribution < -0.4 is 4.90 Å². The first kappa shape index (κ1) is 34.8. The Kier molecular flexibility index (Phi) is 8.72. The van der Waals surface area contributed by atoms with Gasteiger partial charge in [-0.25, -0.2) is 0 Å². The fourth-order valence-electron chi connectivity index (χ4n) is 8.49. The molecule has 0 unspecified atom stereocenters. The van der Waals surface area contributed by atoms with E-state index in [1.807, 2.05) is 11.3 Å². The van der Waals surface area contributed by atoms with Crippen molar-refractivity contribution < 1.29 is 0 Å². The topological polar surface area (TPSA) is 7.65 Å². The number of para-hydroxylation sites is 1. The molecule has 2 nitrogen and oxygen atoms in total. The summed E-state index contributed by atoms with van der Waals surface area (Å²) in [7, 11) is 0. The molecule has 2 aromatic heterocycles. The first-order valence-corrected chi connectivity index (χ1v) is 20.9. The van der Waals surface area contributed by atoms with Crippen molar-refractivity contribution in [2.75, 3.05) is 4.90 Å². The molecule has 278 valence electrons. The number of thiazole rings is 1. The average Bonchev–Trinajstić information content (AvgIpc) is 3.85. The third-order valence-corrected chi connectivity index (χ3v) is 12.6. The Hall–Kier alpha value is -7.46. The van der Waals surface area contributed by atoms with Crippen LogP contribution >= 0.6 is 11.3 Å². The van der Waals surface area contributed by atoms with Crippen LogP contribution in [0.4, 0.5) is 17.1 Å². The Morgan fingerprint density at radius 1 is 0.305 bits per heavy atom. The van der Waals surface area contributed by atoms with E-state index in [9.17, 15) is 0 Å². The Bertz CT molecular complexity index is 3140. The summed E-state index contributed by atoms with van der Waals surface area (Å²) in [6.45, 7) is 0. The molecular weight excluding hydrogens is 733 g/mol. The quantitative estimate of drug-likeness (QED) is 0.149. The molecule has 0 atom stereocenters. The second-order valence-electron chi connectivity index (χ2n) is 15.0. The maximum atomic E-state index is 2.46. The minimum Gasteiger partial charge on any atom is -0.310 e. The van der Waals surface area contributed by atoms with Gasteiger partial charge in [-0.3, -0.25) is 4.40 Å². The molecule has 11 aromatic rings. The second-order valence-corrected chi connectivity index (χ2v) is 16.0. The lowest BCUT2D eigenvalue weighted by Crippen LogP contribution is -2.10. The number of hydrogen-bond acceptors (Lipinski definition) is 2. The Morgan fingerprint density at radius 3 is 1.34 bits per heavy atom. The van der Waals surface area contributed by atoms with Crippen molar-refractivity contribution in [1.82, 2.24) is 4.40 Å². The third kappa shape index (κ3) is 6.39. The van der Waals surface area contributed by atoms with Crippen LogP contribution in [0.1, 0.15) is 0 Å². The molecule has 0 saturated carbocycles. The number of benzene rings is 9. The fourth-order valence-corrected chi connectivity index (χ4v) is 9.71. The highest BCUT2D eigenvalue weighted by Crippen LogP contribution is 2.43. The molecule has 0 saturated heterocycles. The van der Waals surface area contributed by atoms with Crippen molar-refractivity contribution in [3.63, 3.8) is 0 Å². The monoisotopic (exact) mass is 770 g/mol. The van der Waals surface area contributed by atoms with Crippen molar-refractivity contribution in [1.29, 1.82) is 0 Å². The molecule has 3 heteroatoms. The molecular formula is C56H38N2S. The molecule has 0 aliphatic heterocycles. The van der Waals surface area contributed by atoms with Crippen LogP contribution in [0.3, 0.4) is 0 Å². The van der Waals surface area contributed by atoms with Gasteiger partial charge in [0.05, 0.1) is 15.7 Å². The molecule has 0 amide bonds. The summed E-state index contributed by atoms with van der Waals surface area (Å²) >= 11 is 1.87. The van der Waals surface area contributed by atoms with Gasteiger partial charge >= 0.3 is 0 Å². The predicted octanol–water partition coefficient (Wildman–Crippen LogP) is 16.1. The van der Waals surface area contributed by atoms with E-state index in [-0.39, 0.29) is 0 Å². The van der Waals surface area contributed by atoms with Crippen molar-refractivity contribution >= 4 is 54.3 Å². The van der Waals surface area contributed by atoms with Crippen LogP contribution in [-0.2, 0) is 0 Å². The van der Waals surface area contributed by atoms with E-state index in [1.54, 1.807) is 0 Å². The molecule has 59 heavy (non-hydrogen) atoms. The smallest absolute Gasteiger partial charge is 0.109 e. The largest absolute Gasteiger partial charge is 0.310 e. The van der Waals surface area contributed by atoms with Gasteiger partial charge in [0.1, 0.15) is 4.83 Å². The van der Waals surface area contributed by atoms with Crippen LogP contribution in [0.2, 0.25) is 0 Å². The van der Waals surface area contributed by atoms with Gasteiger partial charge in [0.15, 0.2) is 0 Å². The lowest BCUT2D eigenvalue weighted by molar-refractivity contribution is 1.28. The highest BCUT2D eigenvalue weighted by molar-refractivity contribution is 7.24. The molecule has 2 heterocycles. The van der Waals surface area contributed by atoms with Gasteiger partial charge in [-0.05, 0) is 105 Å². The summed E-state index contributed by atoms with van der Waals surface area (Å²) in [6.07, 6.45) is 0. The van der Waals surface area contributed by atoms with Gasteiger partial charge < -0.3 is 4.90 Å². The van der Waals surface area contributed by atoms with Gasteiger partial charge in [-0.15, -0.1) is 11.3 Å². The van der Waals surface area contributed by atoms with Crippen LogP contribution in [0.25, 0.3) is 81.6 Å². The SMILES string of the molecule is c1ccc(-c2ccc(N(c3ccc(-c4ccccc4)cc3)c3cccc(-c4ccc(-c5ccc6sc7c(-c8ccccc8)c8ccccc8n7c6c5)cc4)c3)cc2)cc1. The Morgan fingerprint density at radius 2 is 0.746 bits per heavy atom. The Balaban J connectivity index is 0.945. The first-order chi connectivity index (χ1) is 29.2. The number of rotatable bonds is 8. The van der Waals surface area contributed by atoms with Gasteiger partial charge in [0.2, 0.25) is 0 Å². The molecule has 0 fully saturated rings. The molecule has 0 aliphatic rings. The van der Waals surface area contributed by atoms with E-state index in [2.05, 4.69) is 240 Å². The maximum Gasteiger partial charge on any atom is 0.109 e. The first-order valence-electron chi connectivity index (χ1n) is 20.1. The highest BCUT2D eigenvalue weighted by Gasteiger charge is 2.19. The maximum absolute atomic E-state index is 2.46. The van der Waals surface area contributed by atoms with Gasteiger partial charge in [0, 0.05) is 28.0 Å². The number of nitrogens with zero attached hydrogens (tertiary/aromatic N) is 2. The summed E-state index contributed by atoms with van der Waals surface area (Å²) < 4.78 is 3.74. The zero-order valence-corrected chi connectivity index (χ0v) is 33.1. The number of fused-ring (bicyclic) bond motifs is 5. The predicted molar refractivity (Wildman–Crippen MR) is 252 cm³/mol. The van der Waals surface area contributed by atoms with Crippen molar-refractivity contribution in [3.8, 4) is 55.6 Å². The summed E-state index contributed by atoms with van der Waals surface area (Å²) in [5, 5.41) is 1.29. The van der Waals surface area contributed by atoms with Gasteiger partial charge in [-0.1, -0.05) is 176 Å². The van der Waals surface area contributed by atoms with Crippen molar-refractivity contribution in [3.05, 3.63) is 231 Å². The summed E-state index contributed by atoms with van der Waals surface area (Å²) in [6, 6.07) is 83.4. The minimum atomic E-state index is 1.10. The van der Waals surface area contributed by atoms with Crippen LogP contribution in [0.5, 0.6) is 0 Å². The van der Waals surface area contributed by atoms with Crippen LogP contribution in [0.15, 0.2) is 231 Å². The number of anilines is 3. The molecule has 0 bridgehead atoms. The molecule has 0 spiro atoms. The number of aromatic nitrogens is 1. The molecule has 0 radical (unpaired) electrons. The fraction of sp³-hybridized carbons (Fsp3) is 0. The Labute approximate surface area is 348 Å². The van der Waals surface area contributed by atoms with E-state index in [1.165, 1.54) is 81.6 Å². The van der Waals surface area contributed by atoms with E-state index in [4.69, 9.17) is 0 Å². The van der Waals surface area contributed by atoms with Gasteiger partial charge in [-0.2, -0.15) is 0 Å². The third-order valence-electron chi connectivity index (χ3n) is 11.4. The number of hydrogen-bond donors (Lipinski definition) is 0. The van der Waals surface area contributed by atoms with Crippen molar-refractivity contribution in [2.24, 2.45) is 0 Å². The lowest BCUT2D eigenvalue weighted by Gasteiger charge is -2.26. The second kappa shape index (κ2) is 14.8. The molecule has 0 aliphatic carbocycles. The molecule has 11 rings (SSSR count). The highest BCUT2D eigenvalue weighted by atomic mass is 32.1. The van der Waals surface area contributed by atoms with E-state index in [0.717, 1.165) is 17.1 Å². The molecule has 0 N–H and O–H groups in total. The normalized spacial score (nSPS) is 11.4. The zero-order valence-electron chi connectivity index (χ0n) is 32.2. The summed E-state index contributed by atoms with van der Waals surface area (Å²) in [5.41, 5.74) is 17.9.